The maximum atomic E-state index is 12.5. The lowest BCUT2D eigenvalue weighted by Gasteiger charge is -2.13. The Morgan fingerprint density at radius 1 is 1.08 bits per heavy atom. The van der Waals surface area contributed by atoms with Crippen molar-refractivity contribution in [3.63, 3.8) is 0 Å². The highest BCUT2D eigenvalue weighted by Gasteiger charge is 2.31. The Bertz CT molecular complexity index is 1010. The van der Waals surface area contributed by atoms with Crippen LogP contribution in [0.25, 0.3) is 5.69 Å². The average molecular weight is 385 g/mol. The third-order valence-electron chi connectivity index (χ3n) is 3.09. The van der Waals surface area contributed by atoms with Crippen molar-refractivity contribution in [2.24, 2.45) is 0 Å². The molecule has 0 saturated carbocycles. The molecular weight excluding hydrogens is 375 g/mol. The quantitative estimate of drug-likeness (QED) is 0.724. The Balaban J connectivity index is 1.93. The Morgan fingerprint density at radius 2 is 1.85 bits per heavy atom. The number of anilines is 1. The zero-order valence-corrected chi connectivity index (χ0v) is 13.6. The first-order chi connectivity index (χ1) is 12.2. The molecule has 0 spiro atoms. The van der Waals surface area contributed by atoms with Gasteiger partial charge >= 0.3 is 6.36 Å². The molecule has 136 valence electrons. The minimum atomic E-state index is -4.93. The van der Waals surface area contributed by atoms with E-state index in [4.69, 9.17) is 0 Å². The lowest BCUT2D eigenvalue weighted by molar-refractivity contribution is -0.274. The summed E-state index contributed by atoms with van der Waals surface area (Å²) in [7, 11) is -4.18. The van der Waals surface area contributed by atoms with Gasteiger partial charge < -0.3 is 4.74 Å². The summed E-state index contributed by atoms with van der Waals surface area (Å²) < 4.78 is 69.3. The molecule has 3 rings (SSSR count). The number of hydrogen-bond donors (Lipinski definition) is 1. The molecule has 1 heterocycles. The van der Waals surface area contributed by atoms with Crippen LogP contribution in [0.1, 0.15) is 0 Å². The van der Waals surface area contributed by atoms with E-state index in [2.05, 4.69) is 25.0 Å². The first kappa shape index (κ1) is 17.7. The second-order valence-corrected chi connectivity index (χ2v) is 6.58. The van der Waals surface area contributed by atoms with Crippen molar-refractivity contribution in [2.75, 3.05) is 4.72 Å². The van der Waals surface area contributed by atoms with Gasteiger partial charge in [-0.15, -0.1) is 18.3 Å². The zero-order valence-electron chi connectivity index (χ0n) is 12.8. The highest BCUT2D eigenvalue weighted by molar-refractivity contribution is 7.92. The monoisotopic (exact) mass is 385 g/mol. The van der Waals surface area contributed by atoms with Crippen LogP contribution in [-0.2, 0) is 10.0 Å². The molecule has 1 N–H and O–H groups in total. The summed E-state index contributed by atoms with van der Waals surface area (Å²) >= 11 is 0. The van der Waals surface area contributed by atoms with E-state index in [0.717, 1.165) is 24.3 Å². The van der Waals surface area contributed by atoms with Gasteiger partial charge in [0.1, 0.15) is 12.1 Å². The lowest BCUT2D eigenvalue weighted by Crippen LogP contribution is -2.18. The lowest BCUT2D eigenvalue weighted by atomic mass is 10.3. The van der Waals surface area contributed by atoms with E-state index in [1.807, 2.05) is 0 Å². The van der Waals surface area contributed by atoms with Crippen LogP contribution >= 0.6 is 0 Å². The highest BCUT2D eigenvalue weighted by Crippen LogP contribution is 2.27. The van der Waals surface area contributed by atoms with E-state index in [1.54, 1.807) is 18.2 Å². The molecule has 0 aliphatic carbocycles. The molecule has 0 fully saturated rings. The normalized spacial score (nSPS) is 12.0. The van der Waals surface area contributed by atoms with E-state index < -0.39 is 27.0 Å². The molecule has 0 aliphatic heterocycles. The summed E-state index contributed by atoms with van der Waals surface area (Å²) in [5.41, 5.74) is 0.478. The van der Waals surface area contributed by atoms with E-state index in [1.165, 1.54) is 17.1 Å². The molecule has 26 heavy (non-hydrogen) atoms. The number of para-hydroxylation sites is 2. The maximum absolute atomic E-state index is 12.5. The second kappa shape index (κ2) is 6.63. The van der Waals surface area contributed by atoms with E-state index in [-0.39, 0.29) is 5.69 Å². The Hall–Kier alpha value is -3.15. The molecule has 0 bridgehead atoms. The van der Waals surface area contributed by atoms with Crippen LogP contribution in [0.3, 0.4) is 0 Å². The molecule has 2 aromatic carbocycles. The van der Waals surface area contributed by atoms with Crippen LogP contribution in [0, 0.1) is 0 Å². The van der Waals surface area contributed by atoms with Crippen molar-refractivity contribution in [3.8, 4) is 11.4 Å². The number of tetrazole rings is 1. The van der Waals surface area contributed by atoms with Gasteiger partial charge in [0.2, 0.25) is 0 Å². The standard InChI is InChI=1S/C14H10F3N5O3S/c15-14(16,17)25-10-4-3-5-11(8-10)26(23,24)19-12-6-1-2-7-13(12)22-9-18-20-21-22/h1-9,19H. The third kappa shape index (κ3) is 4.08. The topological polar surface area (TPSA) is 99.0 Å². The van der Waals surface area contributed by atoms with Crippen LogP contribution < -0.4 is 9.46 Å². The second-order valence-electron chi connectivity index (χ2n) is 4.90. The van der Waals surface area contributed by atoms with Gasteiger partial charge in [-0.1, -0.05) is 18.2 Å². The van der Waals surface area contributed by atoms with Crippen molar-refractivity contribution >= 4 is 15.7 Å². The Labute approximate surface area is 145 Å². The molecular formula is C14H10F3N5O3S. The first-order valence-electron chi connectivity index (χ1n) is 6.96. The number of ether oxygens (including phenoxy) is 1. The van der Waals surface area contributed by atoms with Crippen molar-refractivity contribution in [3.05, 3.63) is 54.9 Å². The van der Waals surface area contributed by atoms with Crippen LogP contribution in [0.15, 0.2) is 59.8 Å². The maximum Gasteiger partial charge on any atom is 0.573 e. The molecule has 0 atom stereocenters. The van der Waals surface area contributed by atoms with Gasteiger partial charge in [0.15, 0.2) is 0 Å². The van der Waals surface area contributed by atoms with Crippen molar-refractivity contribution < 1.29 is 26.3 Å². The van der Waals surface area contributed by atoms with Gasteiger partial charge in [0.25, 0.3) is 10.0 Å². The van der Waals surface area contributed by atoms with Crippen molar-refractivity contribution in [1.29, 1.82) is 0 Å². The van der Waals surface area contributed by atoms with Gasteiger partial charge in [-0.2, -0.15) is 4.68 Å². The van der Waals surface area contributed by atoms with Gasteiger partial charge in [-0.3, -0.25) is 4.72 Å². The number of sulfonamides is 1. The first-order valence-corrected chi connectivity index (χ1v) is 8.44. The average Bonchev–Trinajstić information content (AvgIpc) is 3.08. The van der Waals surface area contributed by atoms with E-state index in [0.29, 0.717) is 5.69 Å². The number of benzene rings is 2. The summed E-state index contributed by atoms with van der Waals surface area (Å²) in [6, 6.07) is 10.3. The Morgan fingerprint density at radius 3 is 2.54 bits per heavy atom. The molecule has 0 radical (unpaired) electrons. The number of halogens is 3. The summed E-state index contributed by atoms with van der Waals surface area (Å²) in [5, 5.41) is 10.6. The minimum Gasteiger partial charge on any atom is -0.406 e. The van der Waals surface area contributed by atoms with Gasteiger partial charge in [-0.25, -0.2) is 8.42 Å². The predicted molar refractivity (Wildman–Crippen MR) is 83.1 cm³/mol. The number of rotatable bonds is 5. The number of nitrogens with one attached hydrogen (secondary N) is 1. The van der Waals surface area contributed by atoms with Gasteiger partial charge in [0, 0.05) is 6.07 Å². The summed E-state index contributed by atoms with van der Waals surface area (Å²) in [6.45, 7) is 0. The Kier molecular flexibility index (Phi) is 4.50. The molecule has 1 aromatic heterocycles. The molecule has 8 nitrogen and oxygen atoms in total. The number of alkyl halides is 3. The third-order valence-corrected chi connectivity index (χ3v) is 4.46. The van der Waals surface area contributed by atoms with Crippen molar-refractivity contribution in [2.45, 2.75) is 11.3 Å². The van der Waals surface area contributed by atoms with Gasteiger partial charge in [0.05, 0.1) is 16.3 Å². The smallest absolute Gasteiger partial charge is 0.406 e. The fraction of sp³-hybridized carbons (Fsp3) is 0.0714. The zero-order chi connectivity index (χ0) is 18.8. The van der Waals surface area contributed by atoms with Crippen LogP contribution in [0.5, 0.6) is 5.75 Å². The predicted octanol–water partition coefficient (Wildman–Crippen LogP) is 2.36. The SMILES string of the molecule is O=S(=O)(Nc1ccccc1-n1cnnn1)c1cccc(OC(F)(F)F)c1. The largest absolute Gasteiger partial charge is 0.573 e. The summed E-state index contributed by atoms with van der Waals surface area (Å²) in [5.74, 6) is -0.644. The van der Waals surface area contributed by atoms with Gasteiger partial charge in [-0.05, 0) is 34.7 Å². The molecule has 0 amide bonds. The minimum absolute atomic E-state index is 0.141. The molecule has 12 heteroatoms. The number of nitrogens with zero attached hydrogens (tertiary/aromatic N) is 4. The van der Waals surface area contributed by atoms with E-state index >= 15 is 0 Å². The molecule has 0 saturated heterocycles. The number of hydrogen-bond acceptors (Lipinski definition) is 6. The van der Waals surface area contributed by atoms with Crippen LogP contribution in [0.4, 0.5) is 18.9 Å². The molecule has 3 aromatic rings. The summed E-state index contributed by atoms with van der Waals surface area (Å²) in [4.78, 5) is -0.397. The van der Waals surface area contributed by atoms with Crippen LogP contribution in [0.2, 0.25) is 0 Å². The highest BCUT2D eigenvalue weighted by atomic mass is 32.2. The van der Waals surface area contributed by atoms with Crippen molar-refractivity contribution in [1.82, 2.24) is 20.2 Å². The van der Waals surface area contributed by atoms with E-state index in [9.17, 15) is 21.6 Å². The fourth-order valence-corrected chi connectivity index (χ4v) is 3.18. The number of aromatic nitrogens is 4. The summed E-state index contributed by atoms with van der Waals surface area (Å²) in [6.07, 6.45) is -3.66. The fourth-order valence-electron chi connectivity index (χ4n) is 2.07. The molecule has 0 aliphatic rings. The van der Waals surface area contributed by atoms with Crippen LogP contribution in [-0.4, -0.2) is 35.0 Å². The molecule has 0 unspecified atom stereocenters.